The topological polar surface area (TPSA) is 41.1 Å². The average Bonchev–Trinajstić information content (AvgIpc) is 3.12. The van der Waals surface area contributed by atoms with Gasteiger partial charge in [0.2, 0.25) is 5.91 Å². The molecule has 3 rings (SSSR count). The summed E-state index contributed by atoms with van der Waals surface area (Å²) in [6.45, 7) is 1.03. The van der Waals surface area contributed by atoms with Crippen LogP contribution in [0.15, 0.2) is 18.2 Å². The van der Waals surface area contributed by atoms with E-state index in [1.54, 1.807) is 0 Å². The molecule has 1 aliphatic carbocycles. The van der Waals surface area contributed by atoms with Gasteiger partial charge in [-0.25, -0.2) is 0 Å². The number of benzene rings is 1. The van der Waals surface area contributed by atoms with Gasteiger partial charge < -0.3 is 10.6 Å². The Labute approximate surface area is 95.2 Å². The molecule has 0 radical (unpaired) electrons. The fourth-order valence-electron chi connectivity index (χ4n) is 2.13. The zero-order valence-corrected chi connectivity index (χ0v) is 9.25. The summed E-state index contributed by atoms with van der Waals surface area (Å²) in [6.07, 6.45) is 4.43. The van der Waals surface area contributed by atoms with Crippen molar-refractivity contribution in [2.75, 3.05) is 17.2 Å². The molecule has 1 aromatic rings. The molecule has 2 aliphatic rings. The van der Waals surface area contributed by atoms with Crippen molar-refractivity contribution in [3.05, 3.63) is 23.8 Å². The molecular formula is C13H16N2O. The number of fused-ring (bicyclic) bond motifs is 1. The van der Waals surface area contributed by atoms with E-state index in [1.807, 2.05) is 6.07 Å². The van der Waals surface area contributed by atoms with E-state index in [9.17, 15) is 4.79 Å². The van der Waals surface area contributed by atoms with E-state index in [2.05, 4.69) is 22.8 Å². The van der Waals surface area contributed by atoms with E-state index in [0.717, 1.165) is 31.5 Å². The van der Waals surface area contributed by atoms with Gasteiger partial charge in [-0.3, -0.25) is 4.79 Å². The van der Waals surface area contributed by atoms with Gasteiger partial charge in [0.25, 0.3) is 0 Å². The third-order valence-electron chi connectivity index (χ3n) is 3.26. The van der Waals surface area contributed by atoms with Gasteiger partial charge >= 0.3 is 0 Å². The minimum atomic E-state index is 0.177. The fraction of sp³-hybridized carbons (Fsp3) is 0.462. The predicted octanol–water partition coefficient (Wildman–Crippen LogP) is 2.39. The van der Waals surface area contributed by atoms with Crippen LogP contribution in [0.4, 0.5) is 11.4 Å². The summed E-state index contributed by atoms with van der Waals surface area (Å²) < 4.78 is 0. The molecule has 0 spiro atoms. The van der Waals surface area contributed by atoms with E-state index >= 15 is 0 Å². The van der Waals surface area contributed by atoms with Gasteiger partial charge in [-0.05, 0) is 43.4 Å². The van der Waals surface area contributed by atoms with Crippen molar-refractivity contribution in [2.24, 2.45) is 5.92 Å². The maximum Gasteiger partial charge on any atom is 0.227 e. The Kier molecular flexibility index (Phi) is 2.31. The predicted molar refractivity (Wildman–Crippen MR) is 64.6 cm³/mol. The molecule has 1 saturated carbocycles. The minimum absolute atomic E-state index is 0.177. The number of aryl methyl sites for hydroxylation is 1. The maximum atomic E-state index is 11.6. The molecule has 0 saturated heterocycles. The third kappa shape index (κ3) is 1.90. The fourth-order valence-corrected chi connectivity index (χ4v) is 2.13. The molecule has 1 aromatic carbocycles. The Morgan fingerprint density at radius 3 is 3.06 bits per heavy atom. The molecule has 16 heavy (non-hydrogen) atoms. The normalized spacial score (nSPS) is 18.5. The second kappa shape index (κ2) is 3.81. The number of nitrogens with one attached hydrogen (secondary N) is 2. The minimum Gasteiger partial charge on any atom is -0.385 e. The number of hydrogen-bond donors (Lipinski definition) is 2. The van der Waals surface area contributed by atoms with Gasteiger partial charge in [0.1, 0.15) is 0 Å². The molecule has 84 valence electrons. The van der Waals surface area contributed by atoms with Crippen LogP contribution in [0.2, 0.25) is 0 Å². The molecule has 0 aromatic heterocycles. The first-order valence-corrected chi connectivity index (χ1v) is 6.00. The Hall–Kier alpha value is -1.51. The van der Waals surface area contributed by atoms with Gasteiger partial charge in [0.05, 0.1) is 0 Å². The first-order valence-electron chi connectivity index (χ1n) is 6.00. The molecule has 2 N–H and O–H groups in total. The largest absolute Gasteiger partial charge is 0.385 e. The van der Waals surface area contributed by atoms with E-state index < -0.39 is 0 Å². The second-order valence-corrected chi connectivity index (χ2v) is 4.67. The van der Waals surface area contributed by atoms with E-state index in [0.29, 0.717) is 0 Å². The Bertz CT molecular complexity index is 424. The summed E-state index contributed by atoms with van der Waals surface area (Å²) in [5, 5.41) is 6.34. The lowest BCUT2D eigenvalue weighted by Crippen LogP contribution is -2.15. The standard InChI is InChI=1S/C13H16N2O/c16-13(10-3-4-10)15-11-6-5-9-2-1-7-14-12(9)8-11/h5-6,8,10,14H,1-4,7H2,(H,15,16). The van der Waals surface area contributed by atoms with Crippen molar-refractivity contribution in [2.45, 2.75) is 25.7 Å². The van der Waals surface area contributed by atoms with Gasteiger partial charge in [-0.1, -0.05) is 6.07 Å². The SMILES string of the molecule is O=C(Nc1ccc2c(c1)NCCC2)C1CC1. The first kappa shape index (κ1) is 9.70. The summed E-state index contributed by atoms with van der Waals surface area (Å²) >= 11 is 0. The van der Waals surface area contributed by atoms with Crippen LogP contribution in [0, 0.1) is 5.92 Å². The lowest BCUT2D eigenvalue weighted by atomic mass is 10.0. The Balaban J connectivity index is 1.77. The lowest BCUT2D eigenvalue weighted by Gasteiger charge is -2.18. The molecule has 0 bridgehead atoms. The van der Waals surface area contributed by atoms with Crippen molar-refractivity contribution in [3.8, 4) is 0 Å². The van der Waals surface area contributed by atoms with Crippen molar-refractivity contribution >= 4 is 17.3 Å². The molecule has 1 heterocycles. The monoisotopic (exact) mass is 216 g/mol. The lowest BCUT2D eigenvalue weighted by molar-refractivity contribution is -0.117. The van der Waals surface area contributed by atoms with E-state index in [-0.39, 0.29) is 11.8 Å². The number of carbonyl (C=O) groups is 1. The molecule has 1 fully saturated rings. The highest BCUT2D eigenvalue weighted by Crippen LogP contribution is 2.31. The molecule has 1 aliphatic heterocycles. The highest BCUT2D eigenvalue weighted by atomic mass is 16.2. The Morgan fingerprint density at radius 2 is 2.25 bits per heavy atom. The molecule has 0 atom stereocenters. The van der Waals surface area contributed by atoms with Crippen LogP contribution >= 0.6 is 0 Å². The van der Waals surface area contributed by atoms with Crippen LogP contribution in [-0.4, -0.2) is 12.5 Å². The van der Waals surface area contributed by atoms with E-state index in [1.165, 1.54) is 17.7 Å². The van der Waals surface area contributed by atoms with Crippen molar-refractivity contribution in [1.29, 1.82) is 0 Å². The molecule has 3 nitrogen and oxygen atoms in total. The zero-order valence-electron chi connectivity index (χ0n) is 9.25. The first-order chi connectivity index (χ1) is 7.83. The van der Waals surface area contributed by atoms with Crippen molar-refractivity contribution in [3.63, 3.8) is 0 Å². The summed E-state index contributed by atoms with van der Waals surface area (Å²) in [7, 11) is 0. The van der Waals surface area contributed by atoms with Crippen LogP contribution in [0.5, 0.6) is 0 Å². The van der Waals surface area contributed by atoms with Crippen LogP contribution in [-0.2, 0) is 11.2 Å². The van der Waals surface area contributed by atoms with Crippen LogP contribution < -0.4 is 10.6 Å². The average molecular weight is 216 g/mol. The second-order valence-electron chi connectivity index (χ2n) is 4.67. The number of carbonyl (C=O) groups excluding carboxylic acids is 1. The number of hydrogen-bond acceptors (Lipinski definition) is 2. The smallest absolute Gasteiger partial charge is 0.227 e. The number of amides is 1. The molecule has 1 amide bonds. The number of anilines is 2. The summed E-state index contributed by atoms with van der Waals surface area (Å²) in [6, 6.07) is 6.17. The van der Waals surface area contributed by atoms with Crippen molar-refractivity contribution in [1.82, 2.24) is 0 Å². The van der Waals surface area contributed by atoms with Crippen LogP contribution in [0.3, 0.4) is 0 Å². The summed E-state index contributed by atoms with van der Waals surface area (Å²) in [5.41, 5.74) is 3.46. The summed E-state index contributed by atoms with van der Waals surface area (Å²) in [4.78, 5) is 11.6. The highest BCUT2D eigenvalue weighted by molar-refractivity contribution is 5.94. The zero-order chi connectivity index (χ0) is 11.0. The van der Waals surface area contributed by atoms with E-state index in [4.69, 9.17) is 0 Å². The third-order valence-corrected chi connectivity index (χ3v) is 3.26. The quantitative estimate of drug-likeness (QED) is 0.797. The molecule has 0 unspecified atom stereocenters. The Morgan fingerprint density at radius 1 is 1.38 bits per heavy atom. The summed E-state index contributed by atoms with van der Waals surface area (Å²) in [5.74, 6) is 0.444. The van der Waals surface area contributed by atoms with Crippen molar-refractivity contribution < 1.29 is 4.79 Å². The highest BCUT2D eigenvalue weighted by Gasteiger charge is 2.29. The van der Waals surface area contributed by atoms with Gasteiger partial charge in [0, 0.05) is 23.8 Å². The van der Waals surface area contributed by atoms with Crippen LogP contribution in [0.25, 0.3) is 0 Å². The van der Waals surface area contributed by atoms with Crippen LogP contribution in [0.1, 0.15) is 24.8 Å². The van der Waals surface area contributed by atoms with Gasteiger partial charge in [-0.15, -0.1) is 0 Å². The number of rotatable bonds is 2. The molecule has 3 heteroatoms. The van der Waals surface area contributed by atoms with Gasteiger partial charge in [-0.2, -0.15) is 0 Å². The van der Waals surface area contributed by atoms with Gasteiger partial charge in [0.15, 0.2) is 0 Å². The molecular weight excluding hydrogens is 200 g/mol. The maximum absolute atomic E-state index is 11.6.